The number of rotatable bonds is 6. The van der Waals surface area contributed by atoms with Crippen LogP contribution in [0.25, 0.3) is 0 Å². The van der Waals surface area contributed by atoms with E-state index in [0.717, 1.165) is 22.5 Å². The Morgan fingerprint density at radius 3 is 2.40 bits per heavy atom. The van der Waals surface area contributed by atoms with Crippen molar-refractivity contribution in [1.82, 2.24) is 5.32 Å². The predicted octanol–water partition coefficient (Wildman–Crippen LogP) is 6.58. The minimum absolute atomic E-state index is 0.307. The summed E-state index contributed by atoms with van der Waals surface area (Å²) < 4.78 is 5.51. The van der Waals surface area contributed by atoms with Crippen molar-refractivity contribution in [3.63, 3.8) is 0 Å². The fourth-order valence-electron chi connectivity index (χ4n) is 3.02. The number of thiophene rings is 1. The van der Waals surface area contributed by atoms with Crippen LogP contribution in [-0.2, 0) is 11.2 Å². The largest absolute Gasteiger partial charge is 0.465 e. The standard InChI is InChI=1S/C22H18Cl3NO3S/c1-12(14-6-8-15(9-7-14)22(28)29-2)26-21(27)18-17(19(24)30-20(18)25)11-13-4-3-5-16(23)10-13/h3-10,12H,11H2,1-2H3,(H,26,27). The van der Waals surface area contributed by atoms with Crippen molar-refractivity contribution in [2.45, 2.75) is 19.4 Å². The number of methoxy groups -OCH3 is 1. The number of carbonyl (C=O) groups excluding carboxylic acids is 2. The molecule has 0 aliphatic rings. The second kappa shape index (κ2) is 9.84. The first-order chi connectivity index (χ1) is 14.3. The van der Waals surface area contributed by atoms with E-state index < -0.39 is 5.97 Å². The van der Waals surface area contributed by atoms with Gasteiger partial charge in [-0.15, -0.1) is 11.3 Å². The summed E-state index contributed by atoms with van der Waals surface area (Å²) in [5.74, 6) is -0.728. The van der Waals surface area contributed by atoms with Gasteiger partial charge in [0.15, 0.2) is 0 Å². The molecular weight excluding hydrogens is 465 g/mol. The summed E-state index contributed by atoms with van der Waals surface area (Å²) in [6.45, 7) is 1.85. The highest BCUT2D eigenvalue weighted by Crippen LogP contribution is 2.38. The molecule has 0 aliphatic carbocycles. The molecular formula is C22H18Cl3NO3S. The molecule has 1 aromatic heterocycles. The Bertz CT molecular complexity index is 1080. The molecule has 0 radical (unpaired) electrons. The maximum atomic E-state index is 13.0. The number of halogens is 3. The van der Waals surface area contributed by atoms with Gasteiger partial charge in [0.05, 0.1) is 28.6 Å². The number of hydrogen-bond donors (Lipinski definition) is 1. The third-order valence-electron chi connectivity index (χ3n) is 4.59. The third-order valence-corrected chi connectivity index (χ3v) is 6.52. The van der Waals surface area contributed by atoms with Gasteiger partial charge in [0.1, 0.15) is 4.34 Å². The van der Waals surface area contributed by atoms with Crippen LogP contribution in [0.1, 0.15) is 50.4 Å². The van der Waals surface area contributed by atoms with Gasteiger partial charge in [-0.25, -0.2) is 4.79 Å². The van der Waals surface area contributed by atoms with Gasteiger partial charge in [-0.2, -0.15) is 0 Å². The van der Waals surface area contributed by atoms with E-state index in [9.17, 15) is 9.59 Å². The molecule has 0 saturated heterocycles. The van der Waals surface area contributed by atoms with Gasteiger partial charge in [-0.3, -0.25) is 4.79 Å². The molecule has 0 spiro atoms. The van der Waals surface area contributed by atoms with Crippen molar-refractivity contribution < 1.29 is 14.3 Å². The highest BCUT2D eigenvalue weighted by atomic mass is 35.5. The summed E-state index contributed by atoms with van der Waals surface area (Å²) in [6.07, 6.45) is 0.438. The normalized spacial score (nSPS) is 11.8. The molecule has 0 saturated carbocycles. The monoisotopic (exact) mass is 481 g/mol. The molecule has 3 rings (SSSR count). The smallest absolute Gasteiger partial charge is 0.337 e. The van der Waals surface area contributed by atoms with E-state index in [1.807, 2.05) is 25.1 Å². The zero-order chi connectivity index (χ0) is 21.8. The Morgan fingerprint density at radius 2 is 1.77 bits per heavy atom. The zero-order valence-electron chi connectivity index (χ0n) is 16.2. The van der Waals surface area contributed by atoms with Crippen molar-refractivity contribution in [1.29, 1.82) is 0 Å². The number of carbonyl (C=O) groups is 2. The van der Waals surface area contributed by atoms with Crippen LogP contribution in [-0.4, -0.2) is 19.0 Å². The van der Waals surface area contributed by atoms with Gasteiger partial charge >= 0.3 is 5.97 Å². The van der Waals surface area contributed by atoms with Gasteiger partial charge in [-0.1, -0.05) is 59.1 Å². The van der Waals surface area contributed by atoms with Crippen LogP contribution in [0, 0.1) is 0 Å². The second-order valence-corrected chi connectivity index (χ2v) is 9.28. The predicted molar refractivity (Wildman–Crippen MR) is 122 cm³/mol. The summed E-state index contributed by atoms with van der Waals surface area (Å²) >= 11 is 19.9. The van der Waals surface area contributed by atoms with Crippen LogP contribution in [0.3, 0.4) is 0 Å². The van der Waals surface area contributed by atoms with Crippen LogP contribution in [0.5, 0.6) is 0 Å². The van der Waals surface area contributed by atoms with Crippen LogP contribution in [0.2, 0.25) is 13.7 Å². The maximum Gasteiger partial charge on any atom is 0.337 e. The quantitative estimate of drug-likeness (QED) is 0.404. The van der Waals surface area contributed by atoms with Gasteiger partial charge in [0, 0.05) is 17.0 Å². The third kappa shape index (κ3) is 5.16. The van der Waals surface area contributed by atoms with E-state index >= 15 is 0 Å². The molecule has 1 atom stereocenters. The fraction of sp³-hybridized carbons (Fsp3) is 0.182. The lowest BCUT2D eigenvalue weighted by Gasteiger charge is -2.15. The maximum absolute atomic E-state index is 13.0. The summed E-state index contributed by atoms with van der Waals surface area (Å²) in [6, 6.07) is 13.9. The SMILES string of the molecule is COC(=O)c1ccc(C(C)NC(=O)c2c(Cl)sc(Cl)c2Cc2cccc(Cl)c2)cc1. The Hall–Kier alpha value is -2.05. The van der Waals surface area contributed by atoms with Gasteiger partial charge in [-0.05, 0) is 42.3 Å². The molecule has 0 aliphatic heterocycles. The highest BCUT2D eigenvalue weighted by molar-refractivity contribution is 7.20. The Balaban J connectivity index is 1.80. The van der Waals surface area contributed by atoms with Gasteiger partial charge < -0.3 is 10.1 Å². The van der Waals surface area contributed by atoms with E-state index in [2.05, 4.69) is 5.32 Å². The van der Waals surface area contributed by atoms with Crippen molar-refractivity contribution in [2.24, 2.45) is 0 Å². The number of nitrogens with one attached hydrogen (secondary N) is 1. The summed E-state index contributed by atoms with van der Waals surface area (Å²) in [5.41, 5.74) is 3.24. The molecule has 1 N–H and O–H groups in total. The van der Waals surface area contributed by atoms with E-state index in [4.69, 9.17) is 39.5 Å². The Labute approximate surface area is 193 Å². The second-order valence-electron chi connectivity index (χ2n) is 6.62. The number of benzene rings is 2. The number of ether oxygens (including phenoxy) is 1. The van der Waals surface area contributed by atoms with E-state index in [1.54, 1.807) is 30.3 Å². The zero-order valence-corrected chi connectivity index (χ0v) is 19.3. The molecule has 2 aromatic carbocycles. The Morgan fingerprint density at radius 1 is 1.07 bits per heavy atom. The van der Waals surface area contributed by atoms with Crippen LogP contribution in [0.4, 0.5) is 0 Å². The summed E-state index contributed by atoms with van der Waals surface area (Å²) in [7, 11) is 1.33. The highest BCUT2D eigenvalue weighted by Gasteiger charge is 2.24. The molecule has 8 heteroatoms. The number of amides is 1. The minimum Gasteiger partial charge on any atom is -0.465 e. The molecule has 1 heterocycles. The summed E-state index contributed by atoms with van der Waals surface area (Å²) in [5, 5.41) is 3.56. The average molecular weight is 483 g/mol. The van der Waals surface area contributed by atoms with Crippen molar-refractivity contribution in [3.05, 3.63) is 90.0 Å². The van der Waals surface area contributed by atoms with E-state index in [0.29, 0.717) is 36.8 Å². The summed E-state index contributed by atoms with van der Waals surface area (Å²) in [4.78, 5) is 24.6. The van der Waals surface area contributed by atoms with Crippen molar-refractivity contribution in [3.8, 4) is 0 Å². The first kappa shape index (κ1) is 22.6. The molecule has 1 unspecified atom stereocenters. The molecule has 0 bridgehead atoms. The molecule has 1 amide bonds. The lowest BCUT2D eigenvalue weighted by molar-refractivity contribution is 0.0600. The molecule has 30 heavy (non-hydrogen) atoms. The van der Waals surface area contributed by atoms with Crippen LogP contribution < -0.4 is 5.32 Å². The van der Waals surface area contributed by atoms with E-state index in [1.165, 1.54) is 7.11 Å². The molecule has 0 fully saturated rings. The van der Waals surface area contributed by atoms with Crippen LogP contribution >= 0.6 is 46.1 Å². The van der Waals surface area contributed by atoms with Crippen molar-refractivity contribution >= 4 is 58.0 Å². The minimum atomic E-state index is -0.413. The first-order valence-corrected chi connectivity index (χ1v) is 11.0. The van der Waals surface area contributed by atoms with Gasteiger partial charge in [0.25, 0.3) is 5.91 Å². The van der Waals surface area contributed by atoms with Crippen molar-refractivity contribution in [2.75, 3.05) is 7.11 Å². The molecule has 3 aromatic rings. The van der Waals surface area contributed by atoms with Gasteiger partial charge in [0.2, 0.25) is 0 Å². The average Bonchev–Trinajstić information content (AvgIpc) is 3.00. The lowest BCUT2D eigenvalue weighted by atomic mass is 10.0. The van der Waals surface area contributed by atoms with Crippen LogP contribution in [0.15, 0.2) is 48.5 Å². The molecule has 4 nitrogen and oxygen atoms in total. The topological polar surface area (TPSA) is 55.4 Å². The van der Waals surface area contributed by atoms with E-state index in [-0.39, 0.29) is 11.9 Å². The number of hydrogen-bond acceptors (Lipinski definition) is 4. The fourth-order valence-corrected chi connectivity index (χ4v) is 4.95. The lowest BCUT2D eigenvalue weighted by Crippen LogP contribution is -2.27. The number of esters is 1. The first-order valence-electron chi connectivity index (χ1n) is 9.00. The Kier molecular flexibility index (Phi) is 7.42. The molecule has 156 valence electrons.